The van der Waals surface area contributed by atoms with Gasteiger partial charge in [0.25, 0.3) is 11.8 Å². The zero-order valence-corrected chi connectivity index (χ0v) is 21.1. The standard InChI is InChI=1S/C27H32ClN3O4/c1-19-14-20(2)16-22(15-19)27(34)31-9-3-4-21(17-31)26(33)30-12-10-29(11-13-30)25(32)18-35-24-7-5-23(28)6-8-24/h5-8,14-16,21H,3-4,9-13,17-18H2,1-2H3. The number of piperazine rings is 1. The second-order valence-electron chi connectivity index (χ2n) is 9.42. The van der Waals surface area contributed by atoms with Gasteiger partial charge in [-0.2, -0.15) is 0 Å². The molecule has 1 unspecified atom stereocenters. The van der Waals surface area contributed by atoms with Gasteiger partial charge in [0.1, 0.15) is 5.75 Å². The maximum atomic E-state index is 13.2. The number of nitrogens with zero attached hydrogens (tertiary/aromatic N) is 3. The average molecular weight is 498 g/mol. The number of hydrogen-bond donors (Lipinski definition) is 0. The first-order valence-corrected chi connectivity index (χ1v) is 12.5. The number of rotatable bonds is 5. The maximum absolute atomic E-state index is 13.2. The molecule has 2 aromatic rings. The van der Waals surface area contributed by atoms with E-state index in [9.17, 15) is 14.4 Å². The molecule has 2 aliphatic rings. The fourth-order valence-corrected chi connectivity index (χ4v) is 4.97. The summed E-state index contributed by atoms with van der Waals surface area (Å²) in [5.74, 6) is 0.357. The van der Waals surface area contributed by atoms with Crippen molar-refractivity contribution >= 4 is 29.3 Å². The molecule has 0 spiro atoms. The number of hydrogen-bond acceptors (Lipinski definition) is 4. The first-order valence-electron chi connectivity index (χ1n) is 12.1. The smallest absolute Gasteiger partial charge is 0.260 e. The van der Waals surface area contributed by atoms with Crippen LogP contribution in [0.4, 0.5) is 0 Å². The minimum Gasteiger partial charge on any atom is -0.484 e. The van der Waals surface area contributed by atoms with Gasteiger partial charge in [-0.15, -0.1) is 0 Å². The molecule has 0 saturated carbocycles. The predicted molar refractivity (Wildman–Crippen MR) is 135 cm³/mol. The first-order chi connectivity index (χ1) is 16.8. The summed E-state index contributed by atoms with van der Waals surface area (Å²) in [6.07, 6.45) is 1.59. The lowest BCUT2D eigenvalue weighted by molar-refractivity contribution is -0.143. The van der Waals surface area contributed by atoms with E-state index in [2.05, 4.69) is 0 Å². The van der Waals surface area contributed by atoms with Gasteiger partial charge in [-0.05, 0) is 63.1 Å². The van der Waals surface area contributed by atoms with Crippen molar-refractivity contribution in [2.75, 3.05) is 45.9 Å². The van der Waals surface area contributed by atoms with Crippen LogP contribution < -0.4 is 4.74 Å². The van der Waals surface area contributed by atoms with Crippen LogP contribution in [0.15, 0.2) is 42.5 Å². The summed E-state index contributed by atoms with van der Waals surface area (Å²) < 4.78 is 5.56. The summed E-state index contributed by atoms with van der Waals surface area (Å²) in [4.78, 5) is 44.2. The van der Waals surface area contributed by atoms with E-state index in [0.717, 1.165) is 24.0 Å². The molecule has 186 valence electrons. The Morgan fingerprint density at radius 3 is 2.17 bits per heavy atom. The molecular weight excluding hydrogens is 466 g/mol. The Hall–Kier alpha value is -3.06. The Kier molecular flexibility index (Phi) is 7.96. The Labute approximate surface area is 211 Å². The highest BCUT2D eigenvalue weighted by molar-refractivity contribution is 6.30. The van der Waals surface area contributed by atoms with Crippen molar-refractivity contribution in [2.24, 2.45) is 5.92 Å². The molecule has 4 rings (SSSR count). The third kappa shape index (κ3) is 6.34. The molecule has 0 bridgehead atoms. The molecule has 35 heavy (non-hydrogen) atoms. The van der Waals surface area contributed by atoms with Crippen molar-refractivity contribution in [3.8, 4) is 5.75 Å². The van der Waals surface area contributed by atoms with Crippen LogP contribution in [0, 0.1) is 19.8 Å². The summed E-state index contributed by atoms with van der Waals surface area (Å²) in [7, 11) is 0. The first kappa shape index (κ1) is 25.0. The Morgan fingerprint density at radius 1 is 0.886 bits per heavy atom. The van der Waals surface area contributed by atoms with E-state index in [4.69, 9.17) is 16.3 Å². The van der Waals surface area contributed by atoms with Crippen molar-refractivity contribution in [2.45, 2.75) is 26.7 Å². The number of aryl methyl sites for hydroxylation is 2. The SMILES string of the molecule is Cc1cc(C)cc(C(=O)N2CCCC(C(=O)N3CCN(C(=O)COc4ccc(Cl)cc4)CC3)C2)c1. The van der Waals surface area contributed by atoms with Gasteiger partial charge in [0, 0.05) is 49.9 Å². The highest BCUT2D eigenvalue weighted by atomic mass is 35.5. The summed E-state index contributed by atoms with van der Waals surface area (Å²) in [6, 6.07) is 12.8. The Morgan fingerprint density at radius 2 is 1.51 bits per heavy atom. The number of carbonyl (C=O) groups is 3. The lowest BCUT2D eigenvalue weighted by Crippen LogP contribution is -2.54. The highest BCUT2D eigenvalue weighted by Crippen LogP contribution is 2.22. The molecule has 2 saturated heterocycles. The molecule has 2 fully saturated rings. The van der Waals surface area contributed by atoms with E-state index in [1.165, 1.54) is 0 Å². The van der Waals surface area contributed by atoms with E-state index in [0.29, 0.717) is 55.6 Å². The van der Waals surface area contributed by atoms with Crippen molar-refractivity contribution < 1.29 is 19.1 Å². The minimum atomic E-state index is -0.200. The third-order valence-electron chi connectivity index (χ3n) is 6.65. The maximum Gasteiger partial charge on any atom is 0.260 e. The van der Waals surface area contributed by atoms with Gasteiger partial charge < -0.3 is 19.4 Å². The number of halogens is 1. The van der Waals surface area contributed by atoms with Gasteiger partial charge >= 0.3 is 0 Å². The van der Waals surface area contributed by atoms with Crippen molar-refractivity contribution in [1.82, 2.24) is 14.7 Å². The molecule has 7 nitrogen and oxygen atoms in total. The predicted octanol–water partition coefficient (Wildman–Crippen LogP) is 3.56. The van der Waals surface area contributed by atoms with Gasteiger partial charge in [0.05, 0.1) is 5.92 Å². The third-order valence-corrected chi connectivity index (χ3v) is 6.90. The fraction of sp³-hybridized carbons (Fsp3) is 0.444. The monoisotopic (exact) mass is 497 g/mol. The molecule has 1 atom stereocenters. The summed E-state index contributed by atoms with van der Waals surface area (Å²) in [5, 5.41) is 0.611. The molecule has 2 aliphatic heterocycles. The molecule has 8 heteroatoms. The molecule has 0 aliphatic carbocycles. The summed E-state index contributed by atoms with van der Waals surface area (Å²) >= 11 is 5.87. The van der Waals surface area contributed by atoms with Crippen molar-refractivity contribution in [3.63, 3.8) is 0 Å². The molecule has 3 amide bonds. The van der Waals surface area contributed by atoms with Crippen LogP contribution in [0.5, 0.6) is 5.75 Å². The molecule has 0 aromatic heterocycles. The van der Waals surface area contributed by atoms with Crippen LogP contribution in [-0.4, -0.2) is 78.3 Å². The molecule has 2 aromatic carbocycles. The topological polar surface area (TPSA) is 70.2 Å². The number of likely N-dealkylation sites (tertiary alicyclic amines) is 1. The van der Waals surface area contributed by atoms with Crippen molar-refractivity contribution in [1.29, 1.82) is 0 Å². The van der Waals surface area contributed by atoms with E-state index >= 15 is 0 Å². The lowest BCUT2D eigenvalue weighted by Gasteiger charge is -2.39. The van der Waals surface area contributed by atoms with Gasteiger partial charge in [-0.3, -0.25) is 14.4 Å². The Balaban J connectivity index is 1.27. The number of piperidine rings is 1. The number of amides is 3. The van der Waals surface area contributed by atoms with E-state index in [1.807, 2.05) is 41.8 Å². The highest BCUT2D eigenvalue weighted by Gasteiger charge is 2.33. The van der Waals surface area contributed by atoms with Crippen LogP contribution in [0.25, 0.3) is 0 Å². The van der Waals surface area contributed by atoms with E-state index in [-0.39, 0.29) is 30.2 Å². The lowest BCUT2D eigenvalue weighted by atomic mass is 9.95. The van der Waals surface area contributed by atoms with Crippen LogP contribution in [0.1, 0.15) is 34.3 Å². The van der Waals surface area contributed by atoms with Gasteiger partial charge in [0.2, 0.25) is 5.91 Å². The van der Waals surface area contributed by atoms with Gasteiger partial charge in [-0.25, -0.2) is 0 Å². The second kappa shape index (κ2) is 11.1. The van der Waals surface area contributed by atoms with E-state index < -0.39 is 0 Å². The number of carbonyl (C=O) groups excluding carboxylic acids is 3. The largest absolute Gasteiger partial charge is 0.484 e. The number of ether oxygens (including phenoxy) is 1. The zero-order chi connectivity index (χ0) is 24.9. The zero-order valence-electron chi connectivity index (χ0n) is 20.3. The number of benzene rings is 2. The van der Waals surface area contributed by atoms with E-state index in [1.54, 1.807) is 29.2 Å². The average Bonchev–Trinajstić information content (AvgIpc) is 2.87. The minimum absolute atomic E-state index is 0.00889. The van der Waals surface area contributed by atoms with Crippen LogP contribution in [0.3, 0.4) is 0 Å². The summed E-state index contributed by atoms with van der Waals surface area (Å²) in [5.41, 5.74) is 2.80. The van der Waals surface area contributed by atoms with Crippen molar-refractivity contribution in [3.05, 3.63) is 64.2 Å². The van der Waals surface area contributed by atoms with Crippen LogP contribution in [0.2, 0.25) is 5.02 Å². The molecule has 0 N–H and O–H groups in total. The summed E-state index contributed by atoms with van der Waals surface area (Å²) in [6.45, 7) is 6.98. The molecule has 0 radical (unpaired) electrons. The van der Waals surface area contributed by atoms with Gasteiger partial charge in [-0.1, -0.05) is 28.8 Å². The second-order valence-corrected chi connectivity index (χ2v) is 9.85. The fourth-order valence-electron chi connectivity index (χ4n) is 4.85. The molecular formula is C27H32ClN3O4. The van der Waals surface area contributed by atoms with Gasteiger partial charge in [0.15, 0.2) is 6.61 Å². The Bertz CT molecular complexity index is 1060. The van der Waals surface area contributed by atoms with Crippen LogP contribution >= 0.6 is 11.6 Å². The quantitative estimate of drug-likeness (QED) is 0.633. The molecule has 2 heterocycles. The van der Waals surface area contributed by atoms with Crippen LogP contribution in [-0.2, 0) is 9.59 Å². The normalized spacial score (nSPS) is 18.4.